The van der Waals surface area contributed by atoms with Gasteiger partial charge in [0.05, 0.1) is 33.7 Å². The molecule has 178 valence electrons. The van der Waals surface area contributed by atoms with E-state index in [1.807, 2.05) is 0 Å². The Morgan fingerprint density at radius 1 is 1.26 bits per heavy atom. The highest BCUT2D eigenvalue weighted by molar-refractivity contribution is 9.10. The van der Waals surface area contributed by atoms with Gasteiger partial charge in [-0.05, 0) is 76.6 Å². The van der Waals surface area contributed by atoms with Crippen molar-refractivity contribution in [2.45, 2.75) is 6.92 Å². The number of methoxy groups -OCH3 is 1. The fraction of sp³-hybridized carbons (Fsp3) is 0.182. The topological polar surface area (TPSA) is 122 Å². The summed E-state index contributed by atoms with van der Waals surface area (Å²) >= 11 is 9.88. The Labute approximate surface area is 212 Å². The molecule has 0 unspecified atom stereocenters. The Morgan fingerprint density at radius 2 is 2.00 bits per heavy atom. The van der Waals surface area contributed by atoms with E-state index in [0.717, 1.165) is 4.90 Å². The molecule has 34 heavy (non-hydrogen) atoms. The third-order valence-electron chi connectivity index (χ3n) is 4.48. The van der Waals surface area contributed by atoms with Gasteiger partial charge >= 0.3 is 5.97 Å². The fourth-order valence-electron chi connectivity index (χ4n) is 2.94. The van der Waals surface area contributed by atoms with Crippen molar-refractivity contribution in [2.75, 3.05) is 25.6 Å². The first-order valence-corrected chi connectivity index (χ1v) is 11.7. The van der Waals surface area contributed by atoms with Crippen LogP contribution in [0.2, 0.25) is 5.02 Å². The van der Waals surface area contributed by atoms with Crippen molar-refractivity contribution >= 4 is 74.1 Å². The number of nitrogens with zero attached hydrogens (tertiary/aromatic N) is 1. The number of anilines is 1. The minimum Gasteiger partial charge on any atom is -0.503 e. The summed E-state index contributed by atoms with van der Waals surface area (Å²) in [6, 6.07) is 7.32. The van der Waals surface area contributed by atoms with Gasteiger partial charge in [-0.15, -0.1) is 0 Å². The van der Waals surface area contributed by atoms with Crippen molar-refractivity contribution in [3.05, 3.63) is 55.9 Å². The molecule has 0 bridgehead atoms. The summed E-state index contributed by atoms with van der Waals surface area (Å²) < 4.78 is 10.4. The number of ether oxygens (including phenoxy) is 2. The van der Waals surface area contributed by atoms with Crippen LogP contribution in [-0.4, -0.2) is 53.3 Å². The number of benzene rings is 2. The summed E-state index contributed by atoms with van der Waals surface area (Å²) in [6.45, 7) is 1.56. The van der Waals surface area contributed by atoms with Gasteiger partial charge in [-0.3, -0.25) is 19.3 Å². The molecule has 1 aliphatic heterocycles. The number of carbonyl (C=O) groups excluding carboxylic acids is 4. The van der Waals surface area contributed by atoms with Crippen molar-refractivity contribution in [1.29, 1.82) is 0 Å². The molecule has 3 amide bonds. The first-order valence-electron chi connectivity index (χ1n) is 9.73. The largest absolute Gasteiger partial charge is 0.503 e. The van der Waals surface area contributed by atoms with Crippen molar-refractivity contribution < 1.29 is 33.8 Å². The van der Waals surface area contributed by atoms with Crippen molar-refractivity contribution in [3.63, 3.8) is 0 Å². The molecule has 3 rings (SSSR count). The van der Waals surface area contributed by atoms with Crippen molar-refractivity contribution in [1.82, 2.24) is 4.90 Å². The Hall–Kier alpha value is -3.02. The van der Waals surface area contributed by atoms with Crippen LogP contribution in [-0.2, 0) is 14.3 Å². The fourth-order valence-corrected chi connectivity index (χ4v) is 4.44. The average molecular weight is 570 g/mol. The van der Waals surface area contributed by atoms with E-state index in [2.05, 4.69) is 26.0 Å². The molecule has 2 aromatic carbocycles. The second-order valence-electron chi connectivity index (χ2n) is 6.78. The van der Waals surface area contributed by atoms with E-state index >= 15 is 0 Å². The lowest BCUT2D eigenvalue weighted by atomic mass is 10.2. The Kier molecular flexibility index (Phi) is 8.24. The summed E-state index contributed by atoms with van der Waals surface area (Å²) in [5, 5.41) is 12.1. The quantitative estimate of drug-likeness (QED) is 0.364. The van der Waals surface area contributed by atoms with Crippen LogP contribution in [0, 0.1) is 0 Å². The molecule has 1 heterocycles. The number of phenols is 1. The van der Waals surface area contributed by atoms with E-state index in [1.54, 1.807) is 13.0 Å². The van der Waals surface area contributed by atoms with Gasteiger partial charge in [0.15, 0.2) is 11.5 Å². The number of hydrogen-bond donors (Lipinski definition) is 2. The molecule has 2 N–H and O–H groups in total. The SMILES string of the molecule is CCOc1cc(/C=C2/SC(=O)N(CC(=O)Nc3ccc(Cl)c(C(=O)OC)c3)C2=O)cc(Br)c1O. The lowest BCUT2D eigenvalue weighted by Crippen LogP contribution is -2.36. The molecule has 1 aliphatic rings. The van der Waals surface area contributed by atoms with Gasteiger partial charge in [-0.1, -0.05) is 11.6 Å². The number of hydrogen-bond acceptors (Lipinski definition) is 8. The van der Waals surface area contributed by atoms with Gasteiger partial charge < -0.3 is 19.9 Å². The first kappa shape index (κ1) is 25.6. The first-order chi connectivity index (χ1) is 16.1. The lowest BCUT2D eigenvalue weighted by Gasteiger charge is -2.13. The van der Waals surface area contributed by atoms with Gasteiger partial charge in [0.2, 0.25) is 5.91 Å². The minimum atomic E-state index is -0.675. The highest BCUT2D eigenvalue weighted by atomic mass is 79.9. The van der Waals surface area contributed by atoms with E-state index in [1.165, 1.54) is 37.5 Å². The zero-order chi connectivity index (χ0) is 25.0. The number of carbonyl (C=O) groups is 4. The molecule has 0 aromatic heterocycles. The Morgan fingerprint density at radius 3 is 2.68 bits per heavy atom. The molecule has 0 spiro atoms. The van der Waals surface area contributed by atoms with Gasteiger partial charge in [0, 0.05) is 5.69 Å². The maximum Gasteiger partial charge on any atom is 0.339 e. The molecule has 12 heteroatoms. The molecule has 0 saturated carbocycles. The number of aromatic hydroxyl groups is 1. The van der Waals surface area contributed by atoms with Crippen LogP contribution in [0.15, 0.2) is 39.7 Å². The van der Waals surface area contributed by atoms with Gasteiger partial charge in [-0.2, -0.15) is 0 Å². The zero-order valence-electron chi connectivity index (χ0n) is 17.9. The van der Waals surface area contributed by atoms with E-state index in [9.17, 15) is 24.3 Å². The second kappa shape index (κ2) is 10.9. The normalized spacial score (nSPS) is 14.5. The standard InChI is InChI=1S/C22H18BrClN2O7S/c1-3-33-16-7-11(6-14(23)19(16)28)8-17-20(29)26(22(31)34-17)10-18(27)25-12-4-5-15(24)13(9-12)21(30)32-2/h4-9,28H,3,10H2,1-2H3,(H,25,27)/b17-8+. The molecule has 1 saturated heterocycles. The highest BCUT2D eigenvalue weighted by Gasteiger charge is 2.36. The molecular formula is C22H18BrClN2O7S. The third-order valence-corrected chi connectivity index (χ3v) is 6.32. The summed E-state index contributed by atoms with van der Waals surface area (Å²) in [6.07, 6.45) is 1.47. The van der Waals surface area contributed by atoms with Crippen LogP contribution in [0.5, 0.6) is 11.5 Å². The molecule has 0 aliphatic carbocycles. The average Bonchev–Trinajstić information content (AvgIpc) is 3.05. The highest BCUT2D eigenvalue weighted by Crippen LogP contribution is 2.38. The van der Waals surface area contributed by atoms with E-state index in [0.29, 0.717) is 28.4 Å². The number of rotatable bonds is 7. The smallest absolute Gasteiger partial charge is 0.339 e. The summed E-state index contributed by atoms with van der Waals surface area (Å²) in [7, 11) is 1.20. The van der Waals surface area contributed by atoms with Gasteiger partial charge in [-0.25, -0.2) is 4.79 Å². The van der Waals surface area contributed by atoms with Gasteiger partial charge in [0.25, 0.3) is 11.1 Å². The van der Waals surface area contributed by atoms with E-state index < -0.39 is 29.6 Å². The predicted molar refractivity (Wildman–Crippen MR) is 131 cm³/mol. The number of esters is 1. The van der Waals surface area contributed by atoms with Crippen LogP contribution in [0.4, 0.5) is 10.5 Å². The Bertz CT molecular complexity index is 1220. The minimum absolute atomic E-state index is 0.0579. The number of amides is 3. The molecular weight excluding hydrogens is 552 g/mol. The number of thioether (sulfide) groups is 1. The van der Waals surface area contributed by atoms with Crippen molar-refractivity contribution in [2.24, 2.45) is 0 Å². The number of phenolic OH excluding ortho intramolecular Hbond substituents is 1. The maximum atomic E-state index is 12.8. The Balaban J connectivity index is 1.74. The molecule has 9 nitrogen and oxygen atoms in total. The molecule has 2 aromatic rings. The third kappa shape index (κ3) is 5.72. The summed E-state index contributed by atoms with van der Waals surface area (Å²) in [4.78, 5) is 50.3. The zero-order valence-corrected chi connectivity index (χ0v) is 21.0. The summed E-state index contributed by atoms with van der Waals surface area (Å²) in [5.74, 6) is -1.82. The van der Waals surface area contributed by atoms with Gasteiger partial charge in [0.1, 0.15) is 6.54 Å². The maximum absolute atomic E-state index is 12.8. The van der Waals surface area contributed by atoms with Crippen LogP contribution in [0.1, 0.15) is 22.8 Å². The number of nitrogens with one attached hydrogen (secondary N) is 1. The van der Waals surface area contributed by atoms with Crippen LogP contribution < -0.4 is 10.1 Å². The lowest BCUT2D eigenvalue weighted by molar-refractivity contribution is -0.127. The number of imide groups is 1. The molecule has 0 atom stereocenters. The summed E-state index contributed by atoms with van der Waals surface area (Å²) in [5.41, 5.74) is 0.817. The van der Waals surface area contributed by atoms with Crippen LogP contribution in [0.25, 0.3) is 6.08 Å². The van der Waals surface area contributed by atoms with Crippen molar-refractivity contribution in [3.8, 4) is 11.5 Å². The van der Waals surface area contributed by atoms with E-state index in [-0.39, 0.29) is 32.7 Å². The predicted octanol–water partition coefficient (Wildman–Crippen LogP) is 4.67. The second-order valence-corrected chi connectivity index (χ2v) is 9.04. The number of halogens is 2. The van der Waals surface area contributed by atoms with E-state index in [4.69, 9.17) is 16.3 Å². The molecule has 0 radical (unpaired) electrons. The van der Waals surface area contributed by atoms with Crippen LogP contribution in [0.3, 0.4) is 0 Å². The molecule has 1 fully saturated rings. The monoisotopic (exact) mass is 568 g/mol. The van der Waals surface area contributed by atoms with Crippen LogP contribution >= 0.6 is 39.3 Å².